The van der Waals surface area contributed by atoms with Crippen LogP contribution in [-0.4, -0.2) is 32.1 Å². The number of hydrogen-bond acceptors (Lipinski definition) is 5. The van der Waals surface area contributed by atoms with Crippen LogP contribution in [-0.2, 0) is 0 Å². The summed E-state index contributed by atoms with van der Waals surface area (Å²) in [4.78, 5) is 30.2. The number of carboxylic acid groups (broad SMARTS) is 1. The Morgan fingerprint density at radius 3 is 2.63 bits per heavy atom. The van der Waals surface area contributed by atoms with E-state index in [2.05, 4.69) is 15.3 Å². The van der Waals surface area contributed by atoms with E-state index in [0.717, 1.165) is 0 Å². The number of carboxylic acids is 1. The first-order valence-corrected chi connectivity index (χ1v) is 5.20. The van der Waals surface area contributed by atoms with Gasteiger partial charge >= 0.3 is 5.97 Å². The van der Waals surface area contributed by atoms with Crippen LogP contribution in [0.1, 0.15) is 20.7 Å². The first-order chi connectivity index (χ1) is 9.08. The van der Waals surface area contributed by atoms with Gasteiger partial charge in [0.2, 0.25) is 0 Å². The number of amides is 1. The highest BCUT2D eigenvalue weighted by Crippen LogP contribution is 2.15. The molecule has 1 amide bonds. The van der Waals surface area contributed by atoms with Gasteiger partial charge in [-0.3, -0.25) is 14.8 Å². The van der Waals surface area contributed by atoms with Crippen LogP contribution >= 0.6 is 0 Å². The summed E-state index contributed by atoms with van der Waals surface area (Å²) in [5.74, 6) is -1.91. The Bertz CT molecular complexity index is 642. The van der Waals surface area contributed by atoms with Crippen molar-refractivity contribution in [2.45, 2.75) is 0 Å². The van der Waals surface area contributed by atoms with Crippen molar-refractivity contribution in [1.82, 2.24) is 9.97 Å². The lowest BCUT2D eigenvalue weighted by molar-refractivity contribution is 0.0698. The van der Waals surface area contributed by atoms with Gasteiger partial charge in [-0.2, -0.15) is 0 Å². The maximum atomic E-state index is 11.9. The summed E-state index contributed by atoms with van der Waals surface area (Å²) in [5.41, 5.74) is 0.111. The largest absolute Gasteiger partial charge is 0.506 e. The lowest BCUT2D eigenvalue weighted by atomic mass is 10.2. The molecule has 2 aromatic rings. The second-order valence-electron chi connectivity index (χ2n) is 3.61. The predicted octanol–water partition coefficient (Wildman–Crippen LogP) is 1.13. The summed E-state index contributed by atoms with van der Waals surface area (Å²) < 4.78 is 0. The summed E-state index contributed by atoms with van der Waals surface area (Å²) in [5, 5.41) is 20.6. The fraction of sp³-hybridized carbons (Fsp3) is 0. The van der Waals surface area contributed by atoms with Crippen LogP contribution in [0.2, 0.25) is 0 Å². The Morgan fingerprint density at radius 1 is 1.16 bits per heavy atom. The smallest absolute Gasteiger partial charge is 0.337 e. The fourth-order valence-electron chi connectivity index (χ4n) is 1.43. The highest BCUT2D eigenvalue weighted by atomic mass is 16.4. The molecule has 0 aliphatic rings. The van der Waals surface area contributed by atoms with Crippen LogP contribution in [0, 0.1) is 0 Å². The zero-order chi connectivity index (χ0) is 13.8. The Kier molecular flexibility index (Phi) is 3.37. The van der Waals surface area contributed by atoms with E-state index < -0.39 is 11.9 Å². The van der Waals surface area contributed by atoms with Crippen LogP contribution in [0.3, 0.4) is 0 Å². The van der Waals surface area contributed by atoms with E-state index >= 15 is 0 Å². The molecule has 0 aliphatic heterocycles. The molecule has 3 N–H and O–H groups in total. The Balaban J connectivity index is 2.27. The van der Waals surface area contributed by atoms with Crippen LogP contribution in [0.15, 0.2) is 36.9 Å². The first-order valence-electron chi connectivity index (χ1n) is 5.20. The molecule has 2 aromatic heterocycles. The minimum absolute atomic E-state index is 0.0725. The molecule has 0 atom stereocenters. The van der Waals surface area contributed by atoms with E-state index in [1.807, 2.05) is 0 Å². The number of rotatable bonds is 3. The van der Waals surface area contributed by atoms with Gasteiger partial charge in [0.15, 0.2) is 0 Å². The molecule has 7 heteroatoms. The van der Waals surface area contributed by atoms with Gasteiger partial charge in [0.25, 0.3) is 5.91 Å². The van der Waals surface area contributed by atoms with Crippen molar-refractivity contribution in [1.29, 1.82) is 0 Å². The number of pyridine rings is 2. The summed E-state index contributed by atoms with van der Waals surface area (Å²) >= 11 is 0. The van der Waals surface area contributed by atoms with Crippen LogP contribution in [0.4, 0.5) is 5.69 Å². The molecular weight excluding hydrogens is 250 g/mol. The molecule has 0 spiro atoms. The topological polar surface area (TPSA) is 112 Å². The molecule has 0 aromatic carbocycles. The molecule has 0 saturated carbocycles. The second-order valence-corrected chi connectivity index (χ2v) is 3.61. The summed E-state index contributed by atoms with van der Waals surface area (Å²) in [6, 6.07) is 2.50. The van der Waals surface area contributed by atoms with Crippen molar-refractivity contribution in [3.8, 4) is 5.75 Å². The van der Waals surface area contributed by atoms with E-state index in [1.165, 1.54) is 36.9 Å². The maximum absolute atomic E-state index is 11.9. The van der Waals surface area contributed by atoms with Gasteiger partial charge in [-0.1, -0.05) is 0 Å². The predicted molar refractivity (Wildman–Crippen MR) is 65.1 cm³/mol. The third-order valence-corrected chi connectivity index (χ3v) is 2.29. The van der Waals surface area contributed by atoms with Crippen molar-refractivity contribution >= 4 is 17.6 Å². The normalized spacial score (nSPS) is 9.89. The van der Waals surface area contributed by atoms with E-state index in [1.54, 1.807) is 0 Å². The molecule has 0 unspecified atom stereocenters. The van der Waals surface area contributed by atoms with Crippen molar-refractivity contribution < 1.29 is 19.8 Å². The van der Waals surface area contributed by atoms with Gasteiger partial charge in [0.1, 0.15) is 5.75 Å². The SMILES string of the molecule is O=C(Nc1cnccc1C(=O)O)c1cncc(O)c1. The van der Waals surface area contributed by atoms with Crippen molar-refractivity contribution in [2.24, 2.45) is 0 Å². The third kappa shape index (κ3) is 2.83. The minimum atomic E-state index is -1.17. The van der Waals surface area contributed by atoms with E-state index in [9.17, 15) is 14.7 Å². The quantitative estimate of drug-likeness (QED) is 0.761. The summed E-state index contributed by atoms with van der Waals surface area (Å²) in [6.07, 6.45) is 4.99. The third-order valence-electron chi connectivity index (χ3n) is 2.29. The number of nitrogens with one attached hydrogen (secondary N) is 1. The molecule has 0 aliphatic carbocycles. The fourth-order valence-corrected chi connectivity index (χ4v) is 1.43. The molecule has 0 saturated heterocycles. The number of anilines is 1. The Labute approximate surface area is 107 Å². The van der Waals surface area contributed by atoms with E-state index in [0.29, 0.717) is 0 Å². The first kappa shape index (κ1) is 12.5. The Hall–Kier alpha value is -2.96. The highest BCUT2D eigenvalue weighted by molar-refractivity contribution is 6.07. The lowest BCUT2D eigenvalue weighted by Crippen LogP contribution is -2.15. The van der Waals surface area contributed by atoms with Gasteiger partial charge in [0.05, 0.1) is 29.2 Å². The molecule has 7 nitrogen and oxygen atoms in total. The van der Waals surface area contributed by atoms with Crippen LogP contribution in [0.5, 0.6) is 5.75 Å². The van der Waals surface area contributed by atoms with Crippen LogP contribution in [0.25, 0.3) is 0 Å². The molecule has 2 rings (SSSR count). The zero-order valence-electron chi connectivity index (χ0n) is 9.57. The molecule has 0 fully saturated rings. The molecule has 19 heavy (non-hydrogen) atoms. The van der Waals surface area contributed by atoms with E-state index in [4.69, 9.17) is 5.11 Å². The second kappa shape index (κ2) is 5.13. The lowest BCUT2D eigenvalue weighted by Gasteiger charge is -2.07. The van der Waals surface area contributed by atoms with Crippen molar-refractivity contribution in [3.63, 3.8) is 0 Å². The van der Waals surface area contributed by atoms with Gasteiger partial charge in [-0.15, -0.1) is 0 Å². The standard InChI is InChI=1S/C12H9N3O4/c16-8-3-7(4-14-5-8)11(17)15-10-6-13-2-1-9(10)12(18)19/h1-6,16H,(H,15,17)(H,18,19). The number of hydrogen-bond donors (Lipinski definition) is 3. The average Bonchev–Trinajstić information content (AvgIpc) is 2.39. The number of carbonyl (C=O) groups is 2. The molecule has 2 heterocycles. The molecule has 0 radical (unpaired) electrons. The number of aromatic nitrogens is 2. The Morgan fingerprint density at radius 2 is 1.95 bits per heavy atom. The summed E-state index contributed by atoms with van der Waals surface area (Å²) in [6.45, 7) is 0. The summed E-state index contributed by atoms with van der Waals surface area (Å²) in [7, 11) is 0. The maximum Gasteiger partial charge on any atom is 0.337 e. The minimum Gasteiger partial charge on any atom is -0.506 e. The number of carbonyl (C=O) groups excluding carboxylic acids is 1. The van der Waals surface area contributed by atoms with Gasteiger partial charge in [-0.05, 0) is 12.1 Å². The van der Waals surface area contributed by atoms with E-state index in [-0.39, 0.29) is 22.6 Å². The van der Waals surface area contributed by atoms with Crippen LogP contribution < -0.4 is 5.32 Å². The zero-order valence-corrected chi connectivity index (χ0v) is 9.57. The van der Waals surface area contributed by atoms with Gasteiger partial charge in [0, 0.05) is 12.4 Å². The number of nitrogens with zero attached hydrogens (tertiary/aromatic N) is 2. The number of aromatic hydroxyl groups is 1. The average molecular weight is 259 g/mol. The monoisotopic (exact) mass is 259 g/mol. The molecular formula is C12H9N3O4. The van der Waals surface area contributed by atoms with Gasteiger partial charge in [-0.25, -0.2) is 4.79 Å². The molecule has 96 valence electrons. The van der Waals surface area contributed by atoms with Crippen molar-refractivity contribution in [3.05, 3.63) is 48.0 Å². The highest BCUT2D eigenvalue weighted by Gasteiger charge is 2.13. The van der Waals surface area contributed by atoms with Gasteiger partial charge < -0.3 is 15.5 Å². The molecule has 0 bridgehead atoms. The number of aromatic carboxylic acids is 1. The van der Waals surface area contributed by atoms with Crippen molar-refractivity contribution in [2.75, 3.05) is 5.32 Å².